The van der Waals surface area contributed by atoms with Gasteiger partial charge in [-0.15, -0.1) is 11.8 Å². The molecule has 0 fully saturated rings. The van der Waals surface area contributed by atoms with Crippen molar-refractivity contribution in [2.45, 2.75) is 36.2 Å². The number of halogens is 1. The van der Waals surface area contributed by atoms with E-state index in [1.807, 2.05) is 68.6 Å². The van der Waals surface area contributed by atoms with Crippen LogP contribution in [-0.2, 0) is 21.4 Å². The lowest BCUT2D eigenvalue weighted by molar-refractivity contribution is -0.122. The molecule has 33 heavy (non-hydrogen) atoms. The Hall–Kier alpha value is -2.13. The molecule has 0 saturated carbocycles. The van der Waals surface area contributed by atoms with Crippen molar-refractivity contribution in [3.05, 3.63) is 94.0 Å². The van der Waals surface area contributed by atoms with E-state index in [2.05, 4.69) is 21.2 Å². The highest BCUT2D eigenvalue weighted by Gasteiger charge is 2.27. The quantitative estimate of drug-likeness (QED) is 0.357. The van der Waals surface area contributed by atoms with Crippen molar-refractivity contribution in [2.24, 2.45) is 0 Å². The van der Waals surface area contributed by atoms with Gasteiger partial charge in [-0.1, -0.05) is 57.9 Å². The molecule has 3 aromatic carbocycles. The third-order valence-corrected chi connectivity index (χ3v) is 8.32. The second-order valence-corrected chi connectivity index (χ2v) is 11.5. The van der Waals surface area contributed by atoms with Crippen LogP contribution in [0.3, 0.4) is 0 Å². The number of benzene rings is 3. The number of carbonyl (C=O) groups is 1. The van der Waals surface area contributed by atoms with E-state index in [0.29, 0.717) is 0 Å². The Labute approximate surface area is 208 Å². The smallest absolute Gasteiger partial charge is 0.243 e. The van der Waals surface area contributed by atoms with Crippen molar-refractivity contribution in [2.75, 3.05) is 12.8 Å². The van der Waals surface area contributed by atoms with Crippen LogP contribution in [0.4, 0.5) is 0 Å². The normalized spacial score (nSPS) is 12.5. The van der Waals surface area contributed by atoms with Crippen molar-refractivity contribution < 1.29 is 13.2 Å². The van der Waals surface area contributed by atoms with Crippen molar-refractivity contribution in [3.63, 3.8) is 0 Å². The Bertz CT molecular complexity index is 1180. The summed E-state index contributed by atoms with van der Waals surface area (Å²) in [7, 11) is -3.87. The van der Waals surface area contributed by atoms with Crippen LogP contribution in [0.25, 0.3) is 0 Å². The Kier molecular flexibility index (Phi) is 8.75. The number of hydrogen-bond donors (Lipinski definition) is 1. The number of thioether (sulfide) groups is 1. The SMILES string of the molecule is CSc1ccc([C@@H](C)NC(=O)CN(Cc2ccc(Br)cc2)S(=O)(=O)c2ccc(C)cc2)cc1. The number of nitrogens with one attached hydrogen (secondary N) is 1. The molecule has 0 spiro atoms. The summed E-state index contributed by atoms with van der Waals surface area (Å²) in [5, 5.41) is 2.93. The lowest BCUT2D eigenvalue weighted by Gasteiger charge is -2.23. The minimum absolute atomic E-state index is 0.0910. The maximum absolute atomic E-state index is 13.4. The fourth-order valence-electron chi connectivity index (χ4n) is 3.30. The molecule has 3 rings (SSSR count). The third-order valence-electron chi connectivity index (χ3n) is 5.24. The molecule has 0 bridgehead atoms. The van der Waals surface area contributed by atoms with Gasteiger partial charge in [-0.25, -0.2) is 8.42 Å². The molecule has 8 heteroatoms. The fraction of sp³-hybridized carbons (Fsp3) is 0.240. The third kappa shape index (κ3) is 6.93. The molecule has 3 aromatic rings. The predicted molar refractivity (Wildman–Crippen MR) is 138 cm³/mol. The van der Waals surface area contributed by atoms with Crippen LogP contribution in [0.1, 0.15) is 29.7 Å². The zero-order valence-electron chi connectivity index (χ0n) is 18.8. The number of sulfonamides is 1. The zero-order valence-corrected chi connectivity index (χ0v) is 22.0. The average molecular weight is 548 g/mol. The topological polar surface area (TPSA) is 66.5 Å². The monoisotopic (exact) mass is 546 g/mol. The molecule has 0 saturated heterocycles. The second-order valence-electron chi connectivity index (χ2n) is 7.77. The summed E-state index contributed by atoms with van der Waals surface area (Å²) in [6.07, 6.45) is 2.01. The molecular formula is C25H27BrN2O3S2. The number of hydrogen-bond acceptors (Lipinski definition) is 4. The number of aryl methyl sites for hydroxylation is 1. The van der Waals surface area contributed by atoms with Crippen LogP contribution >= 0.6 is 27.7 Å². The van der Waals surface area contributed by atoms with Gasteiger partial charge in [0.2, 0.25) is 15.9 Å². The molecule has 0 aromatic heterocycles. The first kappa shape index (κ1) is 25.5. The molecule has 1 amide bonds. The van der Waals surface area contributed by atoms with E-state index in [9.17, 15) is 13.2 Å². The Balaban J connectivity index is 1.81. The minimum Gasteiger partial charge on any atom is -0.348 e. The number of carbonyl (C=O) groups excluding carboxylic acids is 1. The maximum atomic E-state index is 13.4. The van der Waals surface area contributed by atoms with Crippen LogP contribution in [0.5, 0.6) is 0 Å². The predicted octanol–water partition coefficient (Wildman–Crippen LogP) is 5.55. The summed E-state index contributed by atoms with van der Waals surface area (Å²) in [6, 6.07) is 21.8. The lowest BCUT2D eigenvalue weighted by atomic mass is 10.1. The van der Waals surface area contributed by atoms with Crippen LogP contribution in [0.15, 0.2) is 87.1 Å². The van der Waals surface area contributed by atoms with Gasteiger partial charge < -0.3 is 5.32 Å². The van der Waals surface area contributed by atoms with Crippen molar-refractivity contribution in [3.8, 4) is 0 Å². The molecule has 0 aliphatic carbocycles. The first-order chi connectivity index (χ1) is 15.7. The molecule has 0 radical (unpaired) electrons. The summed E-state index contributed by atoms with van der Waals surface area (Å²) in [5.74, 6) is -0.357. The highest BCUT2D eigenvalue weighted by Crippen LogP contribution is 2.22. The standard InChI is InChI=1S/C25H27BrN2O3S2/c1-18-4-14-24(15-5-18)33(30,31)28(16-20-6-10-22(26)11-7-20)17-25(29)27-19(2)21-8-12-23(32-3)13-9-21/h4-15,19H,16-17H2,1-3H3,(H,27,29)/t19-/m1/s1. The van der Waals surface area contributed by atoms with Gasteiger partial charge in [-0.05, 0) is 67.6 Å². The summed E-state index contributed by atoms with van der Waals surface area (Å²) >= 11 is 5.05. The molecule has 1 N–H and O–H groups in total. The van der Waals surface area contributed by atoms with Gasteiger partial charge in [-0.2, -0.15) is 4.31 Å². The molecule has 1 atom stereocenters. The van der Waals surface area contributed by atoms with Gasteiger partial charge in [0.05, 0.1) is 17.5 Å². The highest BCUT2D eigenvalue weighted by atomic mass is 79.9. The first-order valence-corrected chi connectivity index (χ1v) is 13.9. The zero-order chi connectivity index (χ0) is 24.0. The van der Waals surface area contributed by atoms with Crippen molar-refractivity contribution >= 4 is 43.6 Å². The van der Waals surface area contributed by atoms with Crippen LogP contribution in [0, 0.1) is 6.92 Å². The Morgan fingerprint density at radius 3 is 2.18 bits per heavy atom. The van der Waals surface area contributed by atoms with Gasteiger partial charge in [0.25, 0.3) is 0 Å². The number of nitrogens with zero attached hydrogens (tertiary/aromatic N) is 1. The van der Waals surface area contributed by atoms with E-state index in [1.165, 1.54) is 4.31 Å². The second kappa shape index (κ2) is 11.3. The average Bonchev–Trinajstić information content (AvgIpc) is 2.80. The Morgan fingerprint density at radius 1 is 1.00 bits per heavy atom. The van der Waals surface area contributed by atoms with E-state index < -0.39 is 10.0 Å². The number of rotatable bonds is 9. The van der Waals surface area contributed by atoms with Crippen LogP contribution in [-0.4, -0.2) is 31.4 Å². The molecule has 0 heterocycles. The van der Waals surface area contributed by atoms with Crippen LogP contribution < -0.4 is 5.32 Å². The molecular weight excluding hydrogens is 520 g/mol. The van der Waals surface area contributed by atoms with Gasteiger partial charge in [-0.3, -0.25) is 4.79 Å². The maximum Gasteiger partial charge on any atom is 0.243 e. The van der Waals surface area contributed by atoms with Gasteiger partial charge in [0, 0.05) is 15.9 Å². The lowest BCUT2D eigenvalue weighted by Crippen LogP contribution is -2.41. The van der Waals surface area contributed by atoms with Gasteiger partial charge >= 0.3 is 0 Å². The Morgan fingerprint density at radius 2 is 1.61 bits per heavy atom. The first-order valence-electron chi connectivity index (χ1n) is 10.4. The molecule has 0 unspecified atom stereocenters. The fourth-order valence-corrected chi connectivity index (χ4v) is 5.36. The van der Waals surface area contributed by atoms with E-state index in [1.54, 1.807) is 36.0 Å². The van der Waals surface area contributed by atoms with E-state index in [4.69, 9.17) is 0 Å². The van der Waals surface area contributed by atoms with Crippen LogP contribution in [0.2, 0.25) is 0 Å². The summed E-state index contributed by atoms with van der Waals surface area (Å²) < 4.78 is 28.9. The minimum atomic E-state index is -3.87. The molecule has 174 valence electrons. The molecule has 5 nitrogen and oxygen atoms in total. The molecule has 0 aliphatic rings. The number of amides is 1. The summed E-state index contributed by atoms with van der Waals surface area (Å²) in [6.45, 7) is 3.60. The highest BCUT2D eigenvalue weighted by molar-refractivity contribution is 9.10. The van der Waals surface area contributed by atoms with E-state index >= 15 is 0 Å². The van der Waals surface area contributed by atoms with Crippen molar-refractivity contribution in [1.82, 2.24) is 9.62 Å². The summed E-state index contributed by atoms with van der Waals surface area (Å²) in [4.78, 5) is 14.2. The summed E-state index contributed by atoms with van der Waals surface area (Å²) in [5.41, 5.74) is 2.72. The van der Waals surface area contributed by atoms with E-state index in [0.717, 1.165) is 26.1 Å². The largest absolute Gasteiger partial charge is 0.348 e. The van der Waals surface area contributed by atoms with Crippen molar-refractivity contribution in [1.29, 1.82) is 0 Å². The van der Waals surface area contributed by atoms with Gasteiger partial charge in [0.15, 0.2) is 0 Å². The molecule has 0 aliphatic heterocycles. The van der Waals surface area contributed by atoms with Gasteiger partial charge in [0.1, 0.15) is 0 Å². The van der Waals surface area contributed by atoms with E-state index in [-0.39, 0.29) is 29.9 Å².